The van der Waals surface area contributed by atoms with Crippen LogP contribution in [0.15, 0.2) is 12.2 Å². The van der Waals surface area contributed by atoms with Gasteiger partial charge in [0.25, 0.3) is 0 Å². The molecule has 23 heavy (non-hydrogen) atoms. The van der Waals surface area contributed by atoms with Crippen LogP contribution in [0.4, 0.5) is 0 Å². The Morgan fingerprint density at radius 3 is 2.09 bits per heavy atom. The maximum Gasteiger partial charge on any atom is 0.245 e. The first kappa shape index (κ1) is 14.9. The molecule has 0 radical (unpaired) electrons. The SMILES string of the molecule is C[C@H](C(=O)N1CCOCC1)N1C(=O)[C@@H]2[C@@H](C1=O)[C@H]1C=C[C@H]2CC1. The van der Waals surface area contributed by atoms with E-state index >= 15 is 0 Å². The maximum absolute atomic E-state index is 12.8. The summed E-state index contributed by atoms with van der Waals surface area (Å²) < 4.78 is 5.26. The Labute approximate surface area is 135 Å². The van der Waals surface area contributed by atoms with Crippen LogP contribution in [-0.2, 0) is 19.1 Å². The fourth-order valence-electron chi connectivity index (χ4n) is 4.64. The van der Waals surface area contributed by atoms with E-state index < -0.39 is 6.04 Å². The van der Waals surface area contributed by atoms with E-state index in [4.69, 9.17) is 4.74 Å². The molecule has 2 bridgehead atoms. The number of hydrogen-bond donors (Lipinski definition) is 0. The molecule has 3 amide bonds. The fourth-order valence-corrected chi connectivity index (χ4v) is 4.64. The molecule has 5 atom stereocenters. The molecule has 3 fully saturated rings. The number of allylic oxidation sites excluding steroid dienone is 2. The summed E-state index contributed by atoms with van der Waals surface area (Å²) in [6.45, 7) is 3.76. The van der Waals surface area contributed by atoms with Crippen LogP contribution in [0, 0.1) is 23.7 Å². The number of imide groups is 1. The molecule has 6 heteroatoms. The molecule has 0 aromatic heterocycles. The summed E-state index contributed by atoms with van der Waals surface area (Å²) in [7, 11) is 0. The number of amides is 3. The molecule has 124 valence electrons. The number of carbonyl (C=O) groups is 3. The second-order valence-electron chi connectivity index (χ2n) is 7.00. The van der Waals surface area contributed by atoms with Gasteiger partial charge < -0.3 is 9.64 Å². The summed E-state index contributed by atoms with van der Waals surface area (Å²) in [5.74, 6) is -0.595. The first-order valence-corrected chi connectivity index (χ1v) is 8.51. The highest BCUT2D eigenvalue weighted by Crippen LogP contribution is 2.49. The van der Waals surface area contributed by atoms with Crippen molar-refractivity contribution < 1.29 is 19.1 Å². The normalized spacial score (nSPS) is 37.3. The monoisotopic (exact) mass is 318 g/mol. The molecular weight excluding hydrogens is 296 g/mol. The van der Waals surface area contributed by atoms with Crippen molar-refractivity contribution in [2.24, 2.45) is 23.7 Å². The molecule has 5 aliphatic rings. The van der Waals surface area contributed by atoms with Gasteiger partial charge in [0.15, 0.2) is 0 Å². The predicted octanol–water partition coefficient (Wildman–Crippen LogP) is 0.431. The van der Waals surface area contributed by atoms with E-state index in [0.717, 1.165) is 12.8 Å². The van der Waals surface area contributed by atoms with E-state index in [2.05, 4.69) is 12.2 Å². The third kappa shape index (κ3) is 2.15. The van der Waals surface area contributed by atoms with Gasteiger partial charge >= 0.3 is 0 Å². The summed E-state index contributed by atoms with van der Waals surface area (Å²) in [5.41, 5.74) is 0. The summed E-state index contributed by atoms with van der Waals surface area (Å²) in [6, 6.07) is -0.710. The van der Waals surface area contributed by atoms with Crippen LogP contribution in [0.3, 0.4) is 0 Å². The predicted molar refractivity (Wildman–Crippen MR) is 81.0 cm³/mol. The van der Waals surface area contributed by atoms with Gasteiger partial charge in [-0.25, -0.2) is 0 Å². The number of morpholine rings is 1. The van der Waals surface area contributed by atoms with Crippen molar-refractivity contribution in [3.05, 3.63) is 12.2 Å². The lowest BCUT2D eigenvalue weighted by Gasteiger charge is -2.38. The van der Waals surface area contributed by atoms with Crippen molar-refractivity contribution in [2.75, 3.05) is 26.3 Å². The minimum absolute atomic E-state index is 0.144. The van der Waals surface area contributed by atoms with Crippen molar-refractivity contribution in [1.82, 2.24) is 9.80 Å². The first-order valence-electron chi connectivity index (χ1n) is 8.51. The lowest BCUT2D eigenvalue weighted by Crippen LogP contribution is -2.52. The van der Waals surface area contributed by atoms with Crippen molar-refractivity contribution in [1.29, 1.82) is 0 Å². The van der Waals surface area contributed by atoms with Gasteiger partial charge in [-0.1, -0.05) is 12.2 Å². The number of rotatable bonds is 2. The minimum Gasteiger partial charge on any atom is -0.378 e. The van der Waals surface area contributed by atoms with Gasteiger partial charge in [-0.05, 0) is 31.6 Å². The second kappa shape index (κ2) is 5.44. The number of fused-ring (bicyclic) bond motifs is 1. The van der Waals surface area contributed by atoms with Crippen LogP contribution in [0.2, 0.25) is 0 Å². The van der Waals surface area contributed by atoms with Crippen molar-refractivity contribution in [3.8, 4) is 0 Å². The van der Waals surface area contributed by atoms with E-state index in [1.54, 1.807) is 11.8 Å². The summed E-state index contributed by atoms with van der Waals surface area (Å²) in [4.78, 5) is 41.3. The molecule has 0 aromatic carbocycles. The third-order valence-electron chi connectivity index (χ3n) is 5.86. The van der Waals surface area contributed by atoms with Crippen LogP contribution >= 0.6 is 0 Å². The molecule has 5 rings (SSSR count). The van der Waals surface area contributed by atoms with Crippen LogP contribution in [-0.4, -0.2) is 59.9 Å². The van der Waals surface area contributed by atoms with Crippen LogP contribution < -0.4 is 0 Å². The van der Waals surface area contributed by atoms with Gasteiger partial charge in [0, 0.05) is 13.1 Å². The number of carbonyl (C=O) groups excluding carboxylic acids is 3. The van der Waals surface area contributed by atoms with Gasteiger partial charge in [0.05, 0.1) is 25.0 Å². The van der Waals surface area contributed by atoms with Gasteiger partial charge in [-0.2, -0.15) is 0 Å². The minimum atomic E-state index is -0.710. The Balaban J connectivity index is 1.56. The standard InChI is InChI=1S/C17H22N2O4/c1-10(15(20)18-6-8-23-9-7-18)19-16(21)13-11-2-3-12(5-4-11)14(13)17(19)22/h2-3,10-14H,4-9H2,1H3/t10-,11+,12+,13+,14+/m1/s1. The molecule has 2 saturated heterocycles. The quantitative estimate of drug-likeness (QED) is 0.547. The van der Waals surface area contributed by atoms with Crippen LogP contribution in [0.25, 0.3) is 0 Å². The first-order chi connectivity index (χ1) is 11.1. The topological polar surface area (TPSA) is 66.9 Å². The highest BCUT2D eigenvalue weighted by atomic mass is 16.5. The molecule has 6 nitrogen and oxygen atoms in total. The average Bonchev–Trinajstić information content (AvgIpc) is 2.89. The molecule has 0 spiro atoms. The van der Waals surface area contributed by atoms with Crippen molar-refractivity contribution in [2.45, 2.75) is 25.8 Å². The number of nitrogens with zero attached hydrogens (tertiary/aromatic N) is 2. The van der Waals surface area contributed by atoms with Gasteiger partial charge in [-0.15, -0.1) is 0 Å². The lowest BCUT2D eigenvalue weighted by molar-refractivity contribution is -0.152. The summed E-state index contributed by atoms with van der Waals surface area (Å²) >= 11 is 0. The molecular formula is C17H22N2O4. The van der Waals surface area contributed by atoms with Crippen LogP contribution in [0.5, 0.6) is 0 Å². The largest absolute Gasteiger partial charge is 0.378 e. The fraction of sp³-hybridized carbons (Fsp3) is 0.706. The Bertz CT molecular complexity index is 549. The van der Waals surface area contributed by atoms with E-state index in [9.17, 15) is 14.4 Å². The molecule has 0 N–H and O–H groups in total. The number of ether oxygens (including phenoxy) is 1. The molecule has 3 aliphatic carbocycles. The van der Waals surface area contributed by atoms with E-state index in [0.29, 0.717) is 26.3 Å². The number of likely N-dealkylation sites (tertiary alicyclic amines) is 1. The smallest absolute Gasteiger partial charge is 0.245 e. The Hall–Kier alpha value is -1.69. The average molecular weight is 318 g/mol. The van der Waals surface area contributed by atoms with Crippen molar-refractivity contribution in [3.63, 3.8) is 0 Å². The third-order valence-corrected chi connectivity index (χ3v) is 5.86. The Morgan fingerprint density at radius 2 is 1.61 bits per heavy atom. The summed E-state index contributed by atoms with van der Waals surface area (Å²) in [6.07, 6.45) is 6.14. The molecule has 2 heterocycles. The van der Waals surface area contributed by atoms with Gasteiger partial charge in [0.2, 0.25) is 17.7 Å². The molecule has 0 aromatic rings. The molecule has 2 aliphatic heterocycles. The Morgan fingerprint density at radius 1 is 1.09 bits per heavy atom. The van der Waals surface area contributed by atoms with Gasteiger partial charge in [0.1, 0.15) is 6.04 Å². The maximum atomic E-state index is 12.8. The second-order valence-corrected chi connectivity index (χ2v) is 7.00. The zero-order chi connectivity index (χ0) is 16.1. The Kier molecular flexibility index (Phi) is 3.52. The van der Waals surface area contributed by atoms with Crippen molar-refractivity contribution >= 4 is 17.7 Å². The molecule has 1 saturated carbocycles. The van der Waals surface area contributed by atoms with E-state index in [1.807, 2.05) is 0 Å². The highest BCUT2D eigenvalue weighted by molar-refractivity contribution is 6.09. The lowest BCUT2D eigenvalue weighted by atomic mass is 9.63. The number of hydrogen-bond acceptors (Lipinski definition) is 4. The molecule has 0 unspecified atom stereocenters. The van der Waals surface area contributed by atoms with Gasteiger partial charge in [-0.3, -0.25) is 19.3 Å². The van der Waals surface area contributed by atoms with E-state index in [1.165, 1.54) is 4.90 Å². The zero-order valence-corrected chi connectivity index (χ0v) is 13.3. The zero-order valence-electron chi connectivity index (χ0n) is 13.3. The highest BCUT2D eigenvalue weighted by Gasteiger charge is 2.58. The van der Waals surface area contributed by atoms with E-state index in [-0.39, 0.29) is 41.4 Å². The summed E-state index contributed by atoms with van der Waals surface area (Å²) in [5, 5.41) is 0. The van der Waals surface area contributed by atoms with Crippen LogP contribution in [0.1, 0.15) is 19.8 Å².